The Morgan fingerprint density at radius 2 is 2.24 bits per heavy atom. The fourth-order valence-corrected chi connectivity index (χ4v) is 2.75. The first-order valence-corrected chi connectivity index (χ1v) is 7.04. The highest BCUT2D eigenvalue weighted by molar-refractivity contribution is 5.83. The molecule has 0 aromatic carbocycles. The number of nitrogens with zero attached hydrogens (tertiary/aromatic N) is 3. The van der Waals surface area contributed by atoms with Crippen LogP contribution in [0, 0.1) is 0 Å². The van der Waals surface area contributed by atoms with Crippen LogP contribution in [0.1, 0.15) is 24.2 Å². The zero-order valence-electron chi connectivity index (χ0n) is 11.5. The van der Waals surface area contributed by atoms with Crippen LogP contribution in [-0.2, 0) is 17.8 Å². The lowest BCUT2D eigenvalue weighted by Crippen LogP contribution is -2.54. The van der Waals surface area contributed by atoms with Gasteiger partial charge in [0.15, 0.2) is 0 Å². The van der Waals surface area contributed by atoms with E-state index in [9.17, 15) is 14.7 Å². The maximum Gasteiger partial charge on any atom is 0.326 e. The molecule has 1 saturated carbocycles. The topological polar surface area (TPSA) is 110 Å². The molecule has 1 atom stereocenters. The van der Waals surface area contributed by atoms with Crippen molar-refractivity contribution in [3.05, 3.63) is 17.7 Å². The van der Waals surface area contributed by atoms with Gasteiger partial charge >= 0.3 is 12.0 Å². The largest absolute Gasteiger partial charge is 0.480 e. The lowest BCUT2D eigenvalue weighted by Gasteiger charge is -2.36. The minimum atomic E-state index is -1.03. The number of carboxylic acids is 1. The average molecular weight is 294 g/mol. The fourth-order valence-electron chi connectivity index (χ4n) is 2.75. The second-order valence-corrected chi connectivity index (χ2v) is 5.44. The van der Waals surface area contributed by atoms with Crippen LogP contribution < -0.4 is 0 Å². The highest BCUT2D eigenvalue weighted by Gasteiger charge is 2.41. The molecular formula is C13H18N4O4. The molecule has 1 aliphatic carbocycles. The maximum atomic E-state index is 12.7. The lowest BCUT2D eigenvalue weighted by atomic mass is 10.0. The maximum absolute atomic E-state index is 12.7. The van der Waals surface area contributed by atoms with Gasteiger partial charge in [0.25, 0.3) is 0 Å². The Morgan fingerprint density at radius 3 is 2.86 bits per heavy atom. The van der Waals surface area contributed by atoms with E-state index in [4.69, 9.17) is 5.11 Å². The Bertz CT molecular complexity index is 554. The molecule has 2 aliphatic rings. The molecule has 1 fully saturated rings. The van der Waals surface area contributed by atoms with Crippen LogP contribution in [0.3, 0.4) is 0 Å². The van der Waals surface area contributed by atoms with Crippen molar-refractivity contribution in [3.8, 4) is 0 Å². The van der Waals surface area contributed by atoms with Gasteiger partial charge in [-0.1, -0.05) is 0 Å². The third-order valence-corrected chi connectivity index (χ3v) is 4.00. The van der Waals surface area contributed by atoms with Gasteiger partial charge in [0, 0.05) is 19.0 Å². The molecule has 114 valence electrons. The summed E-state index contributed by atoms with van der Waals surface area (Å²) in [7, 11) is 0. The predicted octanol–water partition coefficient (Wildman–Crippen LogP) is -0.202. The second kappa shape index (κ2) is 5.36. The molecule has 1 aromatic rings. The zero-order chi connectivity index (χ0) is 15.0. The number of carbonyl (C=O) groups is 2. The molecule has 3 rings (SSSR count). The molecule has 1 unspecified atom stereocenters. The normalized spacial score (nSPS) is 21.0. The number of rotatable bonds is 4. The van der Waals surface area contributed by atoms with Gasteiger partial charge in [-0.3, -0.25) is 0 Å². The van der Waals surface area contributed by atoms with Crippen LogP contribution in [0.5, 0.6) is 0 Å². The number of H-pyrrole nitrogens is 1. The minimum Gasteiger partial charge on any atom is -0.480 e. The van der Waals surface area contributed by atoms with E-state index in [-0.39, 0.29) is 38.2 Å². The number of urea groups is 1. The van der Waals surface area contributed by atoms with E-state index in [1.807, 2.05) is 0 Å². The number of nitrogens with one attached hydrogen (secondary N) is 1. The highest BCUT2D eigenvalue weighted by atomic mass is 16.4. The first kappa shape index (κ1) is 13.9. The van der Waals surface area contributed by atoms with Crippen LogP contribution in [0.2, 0.25) is 0 Å². The Morgan fingerprint density at radius 1 is 1.48 bits per heavy atom. The molecule has 2 amide bonds. The number of aliphatic carboxylic acids is 1. The summed E-state index contributed by atoms with van der Waals surface area (Å²) in [5.41, 5.74) is 1.48. The van der Waals surface area contributed by atoms with E-state index in [2.05, 4.69) is 9.97 Å². The zero-order valence-corrected chi connectivity index (χ0v) is 11.5. The van der Waals surface area contributed by atoms with Crippen molar-refractivity contribution >= 4 is 12.0 Å². The smallest absolute Gasteiger partial charge is 0.326 e. The number of hydrogen-bond donors (Lipinski definition) is 3. The number of carboxylic acid groups (broad SMARTS) is 1. The van der Waals surface area contributed by atoms with E-state index < -0.39 is 12.0 Å². The molecule has 1 aromatic heterocycles. The number of carbonyl (C=O) groups excluding carboxylic acids is 1. The quantitative estimate of drug-likeness (QED) is 0.712. The van der Waals surface area contributed by atoms with Gasteiger partial charge in [-0.25, -0.2) is 14.6 Å². The molecular weight excluding hydrogens is 276 g/mol. The summed E-state index contributed by atoms with van der Waals surface area (Å²) in [6.45, 7) is 0.324. The number of aliphatic hydroxyl groups is 1. The third kappa shape index (κ3) is 2.58. The summed E-state index contributed by atoms with van der Waals surface area (Å²) >= 11 is 0. The monoisotopic (exact) mass is 294 g/mol. The number of amides is 2. The van der Waals surface area contributed by atoms with E-state index in [0.717, 1.165) is 18.5 Å². The molecule has 0 saturated heterocycles. The van der Waals surface area contributed by atoms with Crippen molar-refractivity contribution in [3.63, 3.8) is 0 Å². The van der Waals surface area contributed by atoms with Gasteiger partial charge in [-0.15, -0.1) is 0 Å². The van der Waals surface area contributed by atoms with Gasteiger partial charge in [0.2, 0.25) is 0 Å². The summed E-state index contributed by atoms with van der Waals surface area (Å²) in [6.07, 6.45) is 3.54. The Hall–Kier alpha value is -2.09. The van der Waals surface area contributed by atoms with Crippen molar-refractivity contribution in [2.24, 2.45) is 0 Å². The van der Waals surface area contributed by atoms with Crippen LogP contribution in [0.15, 0.2) is 6.33 Å². The SMILES string of the molecule is O=C(O)C1Cc2nc[nH]c2CN1C(=O)N(CCO)C1CC1. The van der Waals surface area contributed by atoms with Gasteiger partial charge in [-0.05, 0) is 12.8 Å². The Balaban J connectivity index is 1.84. The number of fused-ring (bicyclic) bond motifs is 1. The number of imidazole rings is 1. The minimum absolute atomic E-state index is 0.122. The second-order valence-electron chi connectivity index (χ2n) is 5.44. The predicted molar refractivity (Wildman–Crippen MR) is 71.5 cm³/mol. The molecule has 0 radical (unpaired) electrons. The highest BCUT2D eigenvalue weighted by Crippen LogP contribution is 2.30. The number of aromatic nitrogens is 2. The van der Waals surface area contributed by atoms with Gasteiger partial charge in [-0.2, -0.15) is 0 Å². The van der Waals surface area contributed by atoms with Crippen molar-refractivity contribution in [1.29, 1.82) is 0 Å². The summed E-state index contributed by atoms with van der Waals surface area (Å²) in [5, 5.41) is 18.5. The summed E-state index contributed by atoms with van der Waals surface area (Å²) in [4.78, 5) is 34.1. The van der Waals surface area contributed by atoms with Crippen molar-refractivity contribution in [1.82, 2.24) is 19.8 Å². The summed E-state index contributed by atoms with van der Waals surface area (Å²) in [5.74, 6) is -1.03. The Kier molecular flexibility index (Phi) is 3.54. The fraction of sp³-hybridized carbons (Fsp3) is 0.615. The molecule has 8 nitrogen and oxygen atoms in total. The van der Waals surface area contributed by atoms with Crippen molar-refractivity contribution in [2.45, 2.75) is 37.9 Å². The summed E-state index contributed by atoms with van der Waals surface area (Å²) < 4.78 is 0. The number of hydrogen-bond acceptors (Lipinski definition) is 4. The van der Waals surface area contributed by atoms with Crippen LogP contribution >= 0.6 is 0 Å². The van der Waals surface area contributed by atoms with Crippen LogP contribution in [-0.4, -0.2) is 67.2 Å². The van der Waals surface area contributed by atoms with E-state index in [1.54, 1.807) is 4.90 Å². The van der Waals surface area contributed by atoms with Crippen LogP contribution in [0.25, 0.3) is 0 Å². The van der Waals surface area contributed by atoms with Gasteiger partial charge < -0.3 is 25.0 Å². The third-order valence-electron chi connectivity index (χ3n) is 4.00. The molecule has 1 aliphatic heterocycles. The molecule has 3 N–H and O–H groups in total. The van der Waals surface area contributed by atoms with E-state index >= 15 is 0 Å². The van der Waals surface area contributed by atoms with Gasteiger partial charge in [0.05, 0.1) is 30.9 Å². The number of aromatic amines is 1. The average Bonchev–Trinajstić information content (AvgIpc) is 3.20. The van der Waals surface area contributed by atoms with Crippen LogP contribution in [0.4, 0.5) is 4.79 Å². The van der Waals surface area contributed by atoms with Crippen molar-refractivity contribution in [2.75, 3.05) is 13.2 Å². The molecule has 0 bridgehead atoms. The van der Waals surface area contributed by atoms with Crippen molar-refractivity contribution < 1.29 is 19.8 Å². The number of aliphatic hydroxyl groups excluding tert-OH is 1. The molecule has 21 heavy (non-hydrogen) atoms. The lowest BCUT2D eigenvalue weighted by molar-refractivity contribution is -0.143. The van der Waals surface area contributed by atoms with E-state index in [0.29, 0.717) is 5.69 Å². The van der Waals surface area contributed by atoms with E-state index in [1.165, 1.54) is 11.2 Å². The van der Waals surface area contributed by atoms with Gasteiger partial charge in [0.1, 0.15) is 6.04 Å². The molecule has 0 spiro atoms. The standard InChI is InChI=1S/C13H18N4O4/c18-4-3-16(8-1-2-8)13(21)17-6-10-9(14-7-15-10)5-11(17)12(19)20/h7-8,11,18H,1-6H2,(H,14,15)(H,19,20). The first-order chi connectivity index (χ1) is 10.1. The summed E-state index contributed by atoms with van der Waals surface area (Å²) in [6, 6.07) is -1.10. The molecule has 8 heteroatoms. The Labute approximate surface area is 121 Å². The molecule has 2 heterocycles. The first-order valence-electron chi connectivity index (χ1n) is 7.04.